The Morgan fingerprint density at radius 3 is 2.63 bits per heavy atom. The van der Waals surface area contributed by atoms with E-state index in [0.717, 1.165) is 21.5 Å². The summed E-state index contributed by atoms with van der Waals surface area (Å²) in [4.78, 5) is 12.1. The number of fused-ring (bicyclic) bond motifs is 1. The lowest BCUT2D eigenvalue weighted by Gasteiger charge is -2.11. The van der Waals surface area contributed by atoms with Gasteiger partial charge in [-0.3, -0.25) is 4.79 Å². The Balaban J connectivity index is 1.68. The van der Waals surface area contributed by atoms with Crippen molar-refractivity contribution in [3.63, 3.8) is 0 Å². The minimum Gasteiger partial charge on any atom is -0.480 e. The zero-order chi connectivity index (χ0) is 13.2. The predicted octanol–water partition coefficient (Wildman–Crippen LogP) is 3.39. The second-order valence-electron chi connectivity index (χ2n) is 4.41. The van der Waals surface area contributed by atoms with Crippen LogP contribution in [-0.4, -0.2) is 12.0 Å². The molecule has 3 nitrogen and oxygen atoms in total. The molecule has 1 atom stereocenters. The van der Waals surface area contributed by atoms with Crippen molar-refractivity contribution >= 4 is 27.5 Å². The van der Waals surface area contributed by atoms with Crippen LogP contribution >= 0.6 is 15.9 Å². The molecule has 3 rings (SSSR count). The van der Waals surface area contributed by atoms with Gasteiger partial charge < -0.3 is 10.1 Å². The molecule has 0 aromatic heterocycles. The molecule has 1 aliphatic rings. The SMILES string of the molecule is O=C(Nc1ccc(Br)cc1)[C@H]1Cc2ccccc2O1. The number of amides is 1. The fraction of sp³-hybridized carbons (Fsp3) is 0.133. The van der Waals surface area contributed by atoms with Crippen LogP contribution in [0.3, 0.4) is 0 Å². The average Bonchev–Trinajstić information content (AvgIpc) is 2.85. The number of halogens is 1. The first-order valence-corrected chi connectivity index (χ1v) is 6.83. The number of carbonyl (C=O) groups excluding carboxylic acids is 1. The molecule has 96 valence electrons. The van der Waals surface area contributed by atoms with Gasteiger partial charge in [-0.25, -0.2) is 0 Å². The van der Waals surface area contributed by atoms with Crippen LogP contribution in [0.25, 0.3) is 0 Å². The van der Waals surface area contributed by atoms with Crippen molar-refractivity contribution in [3.05, 3.63) is 58.6 Å². The van der Waals surface area contributed by atoms with Crippen LogP contribution in [0.5, 0.6) is 5.75 Å². The molecule has 0 radical (unpaired) electrons. The molecule has 0 spiro atoms. The van der Waals surface area contributed by atoms with Gasteiger partial charge in [0.1, 0.15) is 5.75 Å². The van der Waals surface area contributed by atoms with Gasteiger partial charge in [0.15, 0.2) is 6.10 Å². The number of hydrogen-bond acceptors (Lipinski definition) is 2. The monoisotopic (exact) mass is 317 g/mol. The summed E-state index contributed by atoms with van der Waals surface area (Å²) in [6, 6.07) is 15.2. The molecule has 4 heteroatoms. The topological polar surface area (TPSA) is 38.3 Å². The number of nitrogens with one attached hydrogen (secondary N) is 1. The van der Waals surface area contributed by atoms with Crippen molar-refractivity contribution in [1.29, 1.82) is 0 Å². The number of rotatable bonds is 2. The Morgan fingerprint density at radius 1 is 1.16 bits per heavy atom. The Bertz CT molecular complexity index is 585. The summed E-state index contributed by atoms with van der Waals surface area (Å²) in [5.41, 5.74) is 1.85. The van der Waals surface area contributed by atoms with E-state index in [1.54, 1.807) is 0 Å². The third-order valence-electron chi connectivity index (χ3n) is 3.05. The number of para-hydroxylation sites is 1. The first-order valence-electron chi connectivity index (χ1n) is 6.03. The third kappa shape index (κ3) is 2.63. The predicted molar refractivity (Wildman–Crippen MR) is 77.3 cm³/mol. The van der Waals surface area contributed by atoms with Crippen molar-refractivity contribution in [3.8, 4) is 5.75 Å². The van der Waals surface area contributed by atoms with E-state index < -0.39 is 6.10 Å². The number of anilines is 1. The summed E-state index contributed by atoms with van der Waals surface area (Å²) >= 11 is 3.36. The number of hydrogen-bond donors (Lipinski definition) is 1. The highest BCUT2D eigenvalue weighted by Gasteiger charge is 2.28. The molecule has 1 heterocycles. The van der Waals surface area contributed by atoms with E-state index in [1.165, 1.54) is 0 Å². The lowest BCUT2D eigenvalue weighted by atomic mass is 10.1. The summed E-state index contributed by atoms with van der Waals surface area (Å²) in [6.45, 7) is 0. The van der Waals surface area contributed by atoms with Gasteiger partial charge in [-0.05, 0) is 35.9 Å². The van der Waals surface area contributed by atoms with Gasteiger partial charge in [-0.15, -0.1) is 0 Å². The van der Waals surface area contributed by atoms with Crippen LogP contribution in [-0.2, 0) is 11.2 Å². The second-order valence-corrected chi connectivity index (χ2v) is 5.33. The molecule has 0 aliphatic carbocycles. The van der Waals surface area contributed by atoms with Crippen LogP contribution in [0.4, 0.5) is 5.69 Å². The van der Waals surface area contributed by atoms with Crippen LogP contribution in [0.2, 0.25) is 0 Å². The summed E-state index contributed by atoms with van der Waals surface area (Å²) in [7, 11) is 0. The van der Waals surface area contributed by atoms with Gasteiger partial charge in [0, 0.05) is 16.6 Å². The average molecular weight is 318 g/mol. The van der Waals surface area contributed by atoms with Crippen molar-refractivity contribution in [2.24, 2.45) is 0 Å². The summed E-state index contributed by atoms with van der Waals surface area (Å²) < 4.78 is 6.62. The lowest BCUT2D eigenvalue weighted by molar-refractivity contribution is -0.122. The standard InChI is InChI=1S/C15H12BrNO2/c16-11-5-7-12(8-6-11)17-15(18)14-9-10-3-1-2-4-13(10)19-14/h1-8,14H,9H2,(H,17,18)/t14-/m1/s1. The van der Waals surface area contributed by atoms with Gasteiger partial charge in [0.2, 0.25) is 0 Å². The van der Waals surface area contributed by atoms with E-state index in [9.17, 15) is 4.79 Å². The lowest BCUT2D eigenvalue weighted by Crippen LogP contribution is -2.31. The normalized spacial score (nSPS) is 16.6. The highest BCUT2D eigenvalue weighted by molar-refractivity contribution is 9.10. The highest BCUT2D eigenvalue weighted by Crippen LogP contribution is 2.28. The minimum atomic E-state index is -0.443. The number of carbonyl (C=O) groups is 1. The fourth-order valence-corrected chi connectivity index (χ4v) is 2.35. The zero-order valence-electron chi connectivity index (χ0n) is 10.1. The zero-order valence-corrected chi connectivity index (χ0v) is 11.7. The van der Waals surface area contributed by atoms with Crippen molar-refractivity contribution in [2.45, 2.75) is 12.5 Å². The molecule has 2 aromatic carbocycles. The van der Waals surface area contributed by atoms with E-state index in [1.807, 2.05) is 48.5 Å². The van der Waals surface area contributed by atoms with E-state index >= 15 is 0 Å². The Kier molecular flexibility index (Phi) is 3.25. The van der Waals surface area contributed by atoms with Gasteiger partial charge in [-0.1, -0.05) is 34.1 Å². The van der Waals surface area contributed by atoms with E-state index in [-0.39, 0.29) is 5.91 Å². The van der Waals surface area contributed by atoms with Gasteiger partial charge in [0.05, 0.1) is 0 Å². The number of benzene rings is 2. The molecule has 0 saturated heterocycles. The molecule has 2 aromatic rings. The molecule has 1 N–H and O–H groups in total. The summed E-state index contributed by atoms with van der Waals surface area (Å²) in [5.74, 6) is 0.692. The van der Waals surface area contributed by atoms with Crippen molar-refractivity contribution in [2.75, 3.05) is 5.32 Å². The molecular formula is C15H12BrNO2. The Morgan fingerprint density at radius 2 is 1.89 bits per heavy atom. The van der Waals surface area contributed by atoms with E-state index in [2.05, 4.69) is 21.2 Å². The van der Waals surface area contributed by atoms with Gasteiger partial charge in [-0.2, -0.15) is 0 Å². The largest absolute Gasteiger partial charge is 0.480 e. The third-order valence-corrected chi connectivity index (χ3v) is 3.58. The summed E-state index contributed by atoms with van der Waals surface area (Å²) in [6.07, 6.45) is 0.180. The fourth-order valence-electron chi connectivity index (χ4n) is 2.08. The molecular weight excluding hydrogens is 306 g/mol. The van der Waals surface area contributed by atoms with Crippen LogP contribution in [0, 0.1) is 0 Å². The van der Waals surface area contributed by atoms with E-state index in [0.29, 0.717) is 6.42 Å². The van der Waals surface area contributed by atoms with Crippen molar-refractivity contribution in [1.82, 2.24) is 0 Å². The molecule has 0 fully saturated rings. The Labute approximate surface area is 119 Å². The molecule has 1 amide bonds. The maximum atomic E-state index is 12.1. The van der Waals surface area contributed by atoms with Crippen LogP contribution < -0.4 is 10.1 Å². The van der Waals surface area contributed by atoms with Crippen LogP contribution in [0.1, 0.15) is 5.56 Å². The molecule has 19 heavy (non-hydrogen) atoms. The van der Waals surface area contributed by atoms with E-state index in [4.69, 9.17) is 4.74 Å². The highest BCUT2D eigenvalue weighted by atomic mass is 79.9. The minimum absolute atomic E-state index is 0.112. The quantitative estimate of drug-likeness (QED) is 0.922. The smallest absolute Gasteiger partial charge is 0.265 e. The van der Waals surface area contributed by atoms with Gasteiger partial charge >= 0.3 is 0 Å². The number of ether oxygens (including phenoxy) is 1. The first-order chi connectivity index (χ1) is 9.22. The first kappa shape index (κ1) is 12.2. The molecule has 1 aliphatic heterocycles. The molecule has 0 unspecified atom stereocenters. The summed E-state index contributed by atoms with van der Waals surface area (Å²) in [5, 5.41) is 2.86. The molecule has 0 saturated carbocycles. The maximum Gasteiger partial charge on any atom is 0.265 e. The Hall–Kier alpha value is -1.81. The maximum absolute atomic E-state index is 12.1. The van der Waals surface area contributed by atoms with Crippen molar-refractivity contribution < 1.29 is 9.53 Å². The van der Waals surface area contributed by atoms with Crippen LogP contribution in [0.15, 0.2) is 53.0 Å². The molecule has 0 bridgehead atoms. The second kappa shape index (κ2) is 5.05. The van der Waals surface area contributed by atoms with Gasteiger partial charge in [0.25, 0.3) is 5.91 Å².